The molecule has 1 nitrogen and oxygen atoms in total. The Morgan fingerprint density at radius 1 is 1.36 bits per heavy atom. The van der Waals surface area contributed by atoms with Crippen LogP contribution in [-0.4, -0.2) is 19.3 Å². The van der Waals surface area contributed by atoms with Crippen LogP contribution >= 0.6 is 0 Å². The summed E-state index contributed by atoms with van der Waals surface area (Å²) in [6.45, 7) is 1.63. The van der Waals surface area contributed by atoms with E-state index in [1.54, 1.807) is 0 Å². The highest BCUT2D eigenvalue weighted by Crippen LogP contribution is 2.44. The Labute approximate surface area is 64.0 Å². The first-order chi connectivity index (χ1) is 4.91. The molecule has 0 amide bonds. The Morgan fingerprint density at radius 3 is 2.27 bits per heavy atom. The van der Waals surface area contributed by atoms with Crippen LogP contribution in [-0.2, 0) is 0 Å². The van der Waals surface area contributed by atoms with Crippen LogP contribution in [0.2, 0.25) is 0 Å². The van der Waals surface area contributed by atoms with Gasteiger partial charge in [0, 0.05) is 6.54 Å². The normalized spacial score (nSPS) is 21.8. The second-order valence-corrected chi connectivity index (χ2v) is 3.53. The lowest BCUT2D eigenvalue weighted by atomic mass is 10.1. The van der Waals surface area contributed by atoms with Crippen molar-refractivity contribution in [2.45, 2.75) is 25.9 Å². The molecule has 1 rings (SSSR count). The van der Waals surface area contributed by atoms with Crippen molar-refractivity contribution in [3.63, 3.8) is 0 Å². The lowest BCUT2D eigenvalue weighted by Crippen LogP contribution is -2.32. The van der Waals surface area contributed by atoms with E-state index in [1.807, 2.05) is 6.92 Å². The second-order valence-electron chi connectivity index (χ2n) is 3.53. The summed E-state index contributed by atoms with van der Waals surface area (Å²) in [6.07, 6.45) is -1.96. The van der Waals surface area contributed by atoms with Crippen LogP contribution in [0.4, 0.5) is 13.2 Å². The molecule has 0 unspecified atom stereocenters. The lowest BCUT2D eigenvalue weighted by molar-refractivity contribution is -0.125. The van der Waals surface area contributed by atoms with E-state index in [1.165, 1.54) is 0 Å². The molecule has 0 heterocycles. The quantitative estimate of drug-likeness (QED) is 0.677. The molecule has 4 heteroatoms. The van der Waals surface area contributed by atoms with Crippen molar-refractivity contribution in [3.05, 3.63) is 0 Å². The van der Waals surface area contributed by atoms with E-state index in [0.29, 0.717) is 6.54 Å². The van der Waals surface area contributed by atoms with Gasteiger partial charge in [-0.05, 0) is 18.3 Å². The predicted molar refractivity (Wildman–Crippen MR) is 36.3 cm³/mol. The molecule has 1 saturated carbocycles. The average molecular weight is 167 g/mol. The van der Waals surface area contributed by atoms with Gasteiger partial charge in [-0.1, -0.05) is 6.92 Å². The number of rotatable bonds is 3. The van der Waals surface area contributed by atoms with Gasteiger partial charge in [-0.25, -0.2) is 0 Å². The van der Waals surface area contributed by atoms with Gasteiger partial charge < -0.3 is 5.32 Å². The first kappa shape index (κ1) is 8.84. The number of alkyl halides is 3. The largest absolute Gasteiger partial charge is 0.401 e. The van der Waals surface area contributed by atoms with Crippen LogP contribution in [0.15, 0.2) is 0 Å². The van der Waals surface area contributed by atoms with Crippen molar-refractivity contribution in [2.75, 3.05) is 13.1 Å². The molecule has 0 aliphatic heterocycles. The average Bonchev–Trinajstić information content (AvgIpc) is 2.44. The highest BCUT2D eigenvalue weighted by atomic mass is 19.4. The summed E-state index contributed by atoms with van der Waals surface area (Å²) >= 11 is 0. The number of hydrogen-bond acceptors (Lipinski definition) is 1. The molecule has 0 aromatic heterocycles. The first-order valence-corrected chi connectivity index (χ1v) is 3.69. The molecule has 0 saturated heterocycles. The smallest absolute Gasteiger partial charge is 0.308 e. The zero-order valence-electron chi connectivity index (χ0n) is 6.46. The molecule has 66 valence electrons. The predicted octanol–water partition coefficient (Wildman–Crippen LogP) is 1.94. The van der Waals surface area contributed by atoms with Gasteiger partial charge in [0.25, 0.3) is 0 Å². The topological polar surface area (TPSA) is 12.0 Å². The monoisotopic (exact) mass is 167 g/mol. The van der Waals surface area contributed by atoms with Gasteiger partial charge in [0.05, 0.1) is 6.54 Å². The summed E-state index contributed by atoms with van der Waals surface area (Å²) in [4.78, 5) is 0. The summed E-state index contributed by atoms with van der Waals surface area (Å²) in [6, 6.07) is 0. The van der Waals surface area contributed by atoms with Gasteiger partial charge in [-0.15, -0.1) is 0 Å². The summed E-state index contributed by atoms with van der Waals surface area (Å²) in [5, 5.41) is 2.40. The number of nitrogens with one attached hydrogen (secondary N) is 1. The van der Waals surface area contributed by atoms with Gasteiger partial charge in [0.15, 0.2) is 0 Å². The van der Waals surface area contributed by atoms with Crippen LogP contribution in [0.25, 0.3) is 0 Å². The van der Waals surface area contributed by atoms with Crippen LogP contribution < -0.4 is 5.32 Å². The van der Waals surface area contributed by atoms with Gasteiger partial charge >= 0.3 is 6.18 Å². The molecule has 11 heavy (non-hydrogen) atoms. The van der Waals surface area contributed by atoms with E-state index in [-0.39, 0.29) is 5.41 Å². The van der Waals surface area contributed by atoms with Crippen molar-refractivity contribution in [1.82, 2.24) is 5.32 Å². The summed E-state index contributed by atoms with van der Waals surface area (Å²) in [7, 11) is 0. The standard InChI is InChI=1S/C7H12F3N/c1-6(2-3-6)4-11-5-7(8,9)10/h11H,2-5H2,1H3. The summed E-state index contributed by atoms with van der Waals surface area (Å²) in [5.41, 5.74) is 0.158. The number of halogens is 3. The molecule has 0 aromatic rings. The third kappa shape index (κ3) is 3.60. The minimum Gasteiger partial charge on any atom is -0.308 e. The maximum atomic E-state index is 11.6. The van der Waals surface area contributed by atoms with Crippen molar-refractivity contribution in [2.24, 2.45) is 5.41 Å². The fourth-order valence-corrected chi connectivity index (χ4v) is 0.896. The summed E-state index contributed by atoms with van der Waals surface area (Å²) < 4.78 is 34.8. The van der Waals surface area contributed by atoms with Gasteiger partial charge in [0.1, 0.15) is 0 Å². The van der Waals surface area contributed by atoms with E-state index in [0.717, 1.165) is 12.8 Å². The first-order valence-electron chi connectivity index (χ1n) is 3.69. The van der Waals surface area contributed by atoms with Crippen LogP contribution in [0, 0.1) is 5.41 Å². The molecule has 1 aliphatic rings. The molecular formula is C7H12F3N. The molecule has 0 bridgehead atoms. The Balaban J connectivity index is 2.05. The van der Waals surface area contributed by atoms with Crippen molar-refractivity contribution >= 4 is 0 Å². The Hall–Kier alpha value is -0.250. The molecule has 0 spiro atoms. The minimum absolute atomic E-state index is 0.158. The Kier molecular flexibility index (Phi) is 2.14. The highest BCUT2D eigenvalue weighted by Gasteiger charge is 2.37. The van der Waals surface area contributed by atoms with Crippen LogP contribution in [0.3, 0.4) is 0 Å². The third-order valence-corrected chi connectivity index (χ3v) is 1.98. The van der Waals surface area contributed by atoms with E-state index in [4.69, 9.17) is 0 Å². The zero-order chi connectivity index (χ0) is 8.54. The second kappa shape index (κ2) is 2.66. The van der Waals surface area contributed by atoms with Crippen molar-refractivity contribution in [1.29, 1.82) is 0 Å². The van der Waals surface area contributed by atoms with Crippen LogP contribution in [0.5, 0.6) is 0 Å². The molecular weight excluding hydrogens is 155 g/mol. The summed E-state index contributed by atoms with van der Waals surface area (Å²) in [5.74, 6) is 0. The fourth-order valence-electron chi connectivity index (χ4n) is 0.896. The lowest BCUT2D eigenvalue weighted by Gasteiger charge is -2.11. The van der Waals surface area contributed by atoms with Crippen molar-refractivity contribution < 1.29 is 13.2 Å². The zero-order valence-corrected chi connectivity index (χ0v) is 6.46. The third-order valence-electron chi connectivity index (χ3n) is 1.98. The maximum Gasteiger partial charge on any atom is 0.401 e. The Bertz CT molecular complexity index is 132. The van der Waals surface area contributed by atoms with E-state index in [9.17, 15) is 13.2 Å². The minimum atomic E-state index is -4.06. The molecule has 1 N–H and O–H groups in total. The van der Waals surface area contributed by atoms with E-state index < -0.39 is 12.7 Å². The van der Waals surface area contributed by atoms with Crippen LogP contribution in [0.1, 0.15) is 19.8 Å². The molecule has 1 aliphatic carbocycles. The van der Waals surface area contributed by atoms with Gasteiger partial charge in [0.2, 0.25) is 0 Å². The van der Waals surface area contributed by atoms with Gasteiger partial charge in [-0.2, -0.15) is 13.2 Å². The molecule has 0 atom stereocenters. The molecule has 0 aromatic carbocycles. The molecule has 0 radical (unpaired) electrons. The Morgan fingerprint density at radius 2 is 1.91 bits per heavy atom. The maximum absolute atomic E-state index is 11.6. The number of hydrogen-bond donors (Lipinski definition) is 1. The van der Waals surface area contributed by atoms with Gasteiger partial charge in [-0.3, -0.25) is 0 Å². The highest BCUT2D eigenvalue weighted by molar-refractivity contribution is 4.90. The SMILES string of the molecule is CC1(CNCC(F)(F)F)CC1. The van der Waals surface area contributed by atoms with E-state index >= 15 is 0 Å². The van der Waals surface area contributed by atoms with E-state index in [2.05, 4.69) is 5.32 Å². The van der Waals surface area contributed by atoms with Crippen molar-refractivity contribution in [3.8, 4) is 0 Å². The molecule has 1 fully saturated rings. The fraction of sp³-hybridized carbons (Fsp3) is 1.00.